The van der Waals surface area contributed by atoms with Gasteiger partial charge in [0.2, 0.25) is 0 Å². The van der Waals surface area contributed by atoms with Gasteiger partial charge in [0.1, 0.15) is 39.3 Å². The molecule has 5 aliphatic heterocycles. The first-order valence-corrected chi connectivity index (χ1v) is 9.19. The van der Waals surface area contributed by atoms with E-state index in [1.807, 2.05) is 0 Å². The van der Waals surface area contributed by atoms with E-state index in [0.29, 0.717) is 13.1 Å². The molecule has 4 amide bonds. The predicted molar refractivity (Wildman–Crippen MR) is 91.2 cm³/mol. The van der Waals surface area contributed by atoms with E-state index in [2.05, 4.69) is 0 Å². The lowest BCUT2D eigenvalue weighted by Crippen LogP contribution is -3.00. The summed E-state index contributed by atoms with van der Waals surface area (Å²) in [5, 5.41) is 0. The van der Waals surface area contributed by atoms with Crippen LogP contribution < -0.4 is 24.8 Å². The molecule has 0 aromatic rings. The Morgan fingerprint density at radius 1 is 0.571 bits per heavy atom. The Morgan fingerprint density at radius 3 is 1.07 bits per heavy atom. The van der Waals surface area contributed by atoms with Crippen molar-refractivity contribution in [3.8, 4) is 0 Å². The molecule has 154 valence electrons. The minimum atomic E-state index is -0.207. The standard InChI is InChI=1S/C18H24N4O4.2ClH/c23-15-1-2-16(24)19(15)5-7-21-9-12-22(13-10-21,14-11-21)8-6-20-17(25)3-4-18(20)26;;/h1-4H,5-14H2;2*1H/q+2;;/p-2. The largest absolute Gasteiger partial charge is 1.00 e. The van der Waals surface area contributed by atoms with E-state index in [4.69, 9.17) is 0 Å². The lowest BCUT2D eigenvalue weighted by molar-refractivity contribution is -1.08. The van der Waals surface area contributed by atoms with Crippen molar-refractivity contribution in [3.05, 3.63) is 24.3 Å². The molecule has 5 aliphatic rings. The van der Waals surface area contributed by atoms with Crippen LogP contribution in [0, 0.1) is 0 Å². The summed E-state index contributed by atoms with van der Waals surface area (Å²) >= 11 is 0. The number of carbonyl (C=O) groups is 4. The molecule has 28 heavy (non-hydrogen) atoms. The molecule has 0 radical (unpaired) electrons. The van der Waals surface area contributed by atoms with Crippen molar-refractivity contribution in [2.24, 2.45) is 0 Å². The first-order valence-electron chi connectivity index (χ1n) is 9.19. The highest BCUT2D eigenvalue weighted by atomic mass is 35.5. The molecule has 5 heterocycles. The van der Waals surface area contributed by atoms with Gasteiger partial charge in [0.05, 0.1) is 26.2 Å². The molecule has 8 nitrogen and oxygen atoms in total. The van der Waals surface area contributed by atoms with Crippen molar-refractivity contribution < 1.29 is 53.0 Å². The van der Waals surface area contributed by atoms with E-state index in [1.165, 1.54) is 34.1 Å². The zero-order valence-electron chi connectivity index (χ0n) is 15.6. The summed E-state index contributed by atoms with van der Waals surface area (Å²) in [6.45, 7) is 8.69. The lowest BCUT2D eigenvalue weighted by atomic mass is 10.1. The summed E-state index contributed by atoms with van der Waals surface area (Å²) < 4.78 is 1.92. The van der Waals surface area contributed by atoms with Crippen LogP contribution in [0.4, 0.5) is 0 Å². The molecule has 2 bridgehead atoms. The van der Waals surface area contributed by atoms with Crippen LogP contribution in [0.1, 0.15) is 0 Å². The lowest BCUT2D eigenvalue weighted by Gasteiger charge is -2.56. The second-order valence-electron chi connectivity index (χ2n) is 7.80. The van der Waals surface area contributed by atoms with Crippen molar-refractivity contribution in [1.82, 2.24) is 9.80 Å². The van der Waals surface area contributed by atoms with Gasteiger partial charge in [0.15, 0.2) is 0 Å². The van der Waals surface area contributed by atoms with E-state index in [1.54, 1.807) is 0 Å². The highest BCUT2D eigenvalue weighted by Crippen LogP contribution is 2.27. The van der Waals surface area contributed by atoms with Crippen molar-refractivity contribution in [3.63, 3.8) is 0 Å². The minimum absolute atomic E-state index is 0. The quantitative estimate of drug-likeness (QED) is 0.310. The van der Waals surface area contributed by atoms with Gasteiger partial charge in [-0.25, -0.2) is 0 Å². The Kier molecular flexibility index (Phi) is 6.70. The molecule has 0 atom stereocenters. The summed E-state index contributed by atoms with van der Waals surface area (Å²) in [4.78, 5) is 49.5. The van der Waals surface area contributed by atoms with E-state index in [0.717, 1.165) is 61.3 Å². The number of quaternary nitrogens is 2. The molecule has 0 aliphatic carbocycles. The number of rotatable bonds is 6. The van der Waals surface area contributed by atoms with Crippen LogP contribution in [0.15, 0.2) is 24.3 Å². The van der Waals surface area contributed by atoms with Gasteiger partial charge in [0, 0.05) is 24.3 Å². The molecule has 0 N–H and O–H groups in total. The Balaban J connectivity index is 0.00000140. The van der Waals surface area contributed by atoms with Crippen LogP contribution in [0.5, 0.6) is 0 Å². The topological polar surface area (TPSA) is 74.8 Å². The normalized spacial score (nSPS) is 30.9. The SMILES string of the molecule is O=C1C=CC(=O)N1CC[N+]12CC[N+](CCN3C(=O)C=CC3=O)(CC1)CC2.[Cl-].[Cl-]. The van der Waals surface area contributed by atoms with Crippen molar-refractivity contribution in [2.75, 3.05) is 65.4 Å². The molecule has 10 heteroatoms. The number of piperazine rings is 3. The Bertz CT molecular complexity index is 629. The van der Waals surface area contributed by atoms with Gasteiger partial charge in [0.25, 0.3) is 23.6 Å². The fraction of sp³-hybridized carbons (Fsp3) is 0.556. The number of amides is 4. The van der Waals surface area contributed by atoms with Gasteiger partial charge in [-0.2, -0.15) is 0 Å². The van der Waals surface area contributed by atoms with E-state index in [-0.39, 0.29) is 48.4 Å². The smallest absolute Gasteiger partial charge is 0.253 e. The Morgan fingerprint density at radius 2 is 0.821 bits per heavy atom. The van der Waals surface area contributed by atoms with Crippen molar-refractivity contribution in [2.45, 2.75) is 0 Å². The maximum Gasteiger partial charge on any atom is 0.253 e. The summed E-state index contributed by atoms with van der Waals surface area (Å²) in [6.07, 6.45) is 5.36. The molecule has 5 rings (SSSR count). The molecule has 3 fully saturated rings. The van der Waals surface area contributed by atoms with Crippen LogP contribution in [-0.2, 0) is 19.2 Å². The maximum absolute atomic E-state index is 11.7. The number of carbonyl (C=O) groups excluding carboxylic acids is 4. The van der Waals surface area contributed by atoms with Crippen molar-refractivity contribution >= 4 is 23.6 Å². The zero-order chi connectivity index (χ0) is 18.4. The number of imide groups is 2. The van der Waals surface area contributed by atoms with E-state index >= 15 is 0 Å². The minimum Gasteiger partial charge on any atom is -1.00 e. The maximum atomic E-state index is 11.7. The number of nitrogens with zero attached hydrogens (tertiary/aromatic N) is 4. The van der Waals surface area contributed by atoms with E-state index in [9.17, 15) is 19.2 Å². The average Bonchev–Trinajstić information content (AvgIpc) is 3.15. The van der Waals surface area contributed by atoms with Gasteiger partial charge >= 0.3 is 0 Å². The molecule has 0 unspecified atom stereocenters. The third kappa shape index (κ3) is 4.00. The summed E-state index contributed by atoms with van der Waals surface area (Å²) in [7, 11) is 0. The van der Waals surface area contributed by atoms with Gasteiger partial charge in [-0.05, 0) is 0 Å². The molecule has 0 aromatic heterocycles. The highest BCUT2D eigenvalue weighted by Gasteiger charge is 2.49. The summed E-state index contributed by atoms with van der Waals surface area (Å²) in [5.74, 6) is -0.830. The Hall–Kier alpha value is -1.74. The second kappa shape index (κ2) is 8.32. The number of fused-ring (bicyclic) bond motifs is 3. The summed E-state index contributed by atoms with van der Waals surface area (Å²) in [5.41, 5.74) is 0. The van der Waals surface area contributed by atoms with Gasteiger partial charge in [-0.1, -0.05) is 0 Å². The number of hydrogen-bond acceptors (Lipinski definition) is 4. The molecule has 0 spiro atoms. The first-order chi connectivity index (χ1) is 12.4. The fourth-order valence-electron chi connectivity index (χ4n) is 4.54. The van der Waals surface area contributed by atoms with E-state index < -0.39 is 0 Å². The second-order valence-corrected chi connectivity index (χ2v) is 7.80. The van der Waals surface area contributed by atoms with Crippen LogP contribution in [-0.4, -0.2) is 108 Å². The highest BCUT2D eigenvalue weighted by molar-refractivity contribution is 6.13. The Labute approximate surface area is 176 Å². The zero-order valence-corrected chi connectivity index (χ0v) is 17.1. The van der Waals surface area contributed by atoms with Crippen LogP contribution in [0.2, 0.25) is 0 Å². The average molecular weight is 431 g/mol. The molecular weight excluding hydrogens is 407 g/mol. The molecular formula is C18H24Cl2N4O4. The van der Waals surface area contributed by atoms with Gasteiger partial charge in [-0.3, -0.25) is 29.0 Å². The van der Waals surface area contributed by atoms with Gasteiger partial charge in [-0.15, -0.1) is 0 Å². The fourth-order valence-corrected chi connectivity index (χ4v) is 4.54. The molecule has 0 aromatic carbocycles. The first kappa shape index (κ1) is 22.5. The molecule has 3 saturated heterocycles. The third-order valence-corrected chi connectivity index (χ3v) is 6.54. The van der Waals surface area contributed by atoms with Crippen LogP contribution in [0.25, 0.3) is 0 Å². The van der Waals surface area contributed by atoms with Crippen LogP contribution in [0.3, 0.4) is 0 Å². The summed E-state index contributed by atoms with van der Waals surface area (Å²) in [6, 6.07) is 0. The predicted octanol–water partition coefficient (Wildman–Crippen LogP) is -7.49. The van der Waals surface area contributed by atoms with Crippen molar-refractivity contribution in [1.29, 1.82) is 0 Å². The van der Waals surface area contributed by atoms with Gasteiger partial charge < -0.3 is 33.8 Å². The van der Waals surface area contributed by atoms with Crippen LogP contribution >= 0.6 is 0 Å². The number of hydrogen-bond donors (Lipinski definition) is 0. The number of halogens is 2. The monoisotopic (exact) mass is 430 g/mol. The molecule has 0 saturated carbocycles. The third-order valence-electron chi connectivity index (χ3n) is 6.54.